The number of nitrogens with zero attached hydrogens (tertiary/aromatic N) is 3. The Morgan fingerprint density at radius 3 is 2.31 bits per heavy atom. The summed E-state index contributed by atoms with van der Waals surface area (Å²) in [6.07, 6.45) is 4.02. The van der Waals surface area contributed by atoms with Crippen LogP contribution in [-0.2, 0) is 4.79 Å². The molecule has 2 atom stereocenters. The minimum atomic E-state index is -0.936. The average Bonchev–Trinajstić information content (AvgIpc) is 2.78. The van der Waals surface area contributed by atoms with Gasteiger partial charge in [-0.15, -0.1) is 0 Å². The minimum Gasteiger partial charge on any atom is -0.400 e. The molecule has 1 heterocycles. The summed E-state index contributed by atoms with van der Waals surface area (Å²) in [6, 6.07) is 6.07. The maximum absolute atomic E-state index is 13.5. The van der Waals surface area contributed by atoms with Gasteiger partial charge in [0.15, 0.2) is 0 Å². The molecule has 9 heteroatoms. The summed E-state index contributed by atoms with van der Waals surface area (Å²) in [4.78, 5) is 19.9. The molecule has 2 aromatic rings. The van der Waals surface area contributed by atoms with Crippen molar-refractivity contribution in [1.82, 2.24) is 9.97 Å². The van der Waals surface area contributed by atoms with Gasteiger partial charge in [-0.05, 0) is 30.2 Å². The molecule has 0 radical (unpaired) electrons. The van der Waals surface area contributed by atoms with E-state index in [2.05, 4.69) is 0 Å². The van der Waals surface area contributed by atoms with E-state index >= 15 is 0 Å². The summed E-state index contributed by atoms with van der Waals surface area (Å²) < 4.78 is 15.3. The maximum atomic E-state index is 13.5. The molecule has 0 spiro atoms. The van der Waals surface area contributed by atoms with Crippen LogP contribution in [0.25, 0.3) is 17.3 Å². The molecule has 0 fully saturated rings. The predicted molar refractivity (Wildman–Crippen MR) is 128 cm³/mol. The zero-order valence-corrected chi connectivity index (χ0v) is 19.9. The van der Waals surface area contributed by atoms with E-state index in [9.17, 15) is 19.4 Å². The van der Waals surface area contributed by atoms with Gasteiger partial charge >= 0.3 is 0 Å². The molecule has 0 saturated heterocycles. The Kier molecular flexibility index (Phi) is 12.1. The van der Waals surface area contributed by atoms with E-state index in [0.717, 1.165) is 23.9 Å². The number of benzene rings is 1. The third-order valence-electron chi connectivity index (χ3n) is 4.55. The van der Waals surface area contributed by atoms with Gasteiger partial charge in [0, 0.05) is 44.4 Å². The topological polar surface area (TPSA) is 107 Å². The van der Waals surface area contributed by atoms with E-state index in [-0.39, 0.29) is 24.6 Å². The Bertz CT molecular complexity index is 878. The van der Waals surface area contributed by atoms with Crippen molar-refractivity contribution in [2.75, 3.05) is 24.7 Å². The highest BCUT2D eigenvalue weighted by molar-refractivity contribution is 7.99. The van der Waals surface area contributed by atoms with Crippen molar-refractivity contribution in [3.63, 3.8) is 0 Å². The quantitative estimate of drug-likeness (QED) is 0.362. The number of hydrogen-bond donors (Lipinski definition) is 3. The number of carbonyl (C=O) groups excluding carboxylic acids is 1. The number of carbonyl (C=O) groups is 1. The molecule has 2 rings (SSSR count). The van der Waals surface area contributed by atoms with E-state index < -0.39 is 12.2 Å². The molecular formula is C23H32FN3O4S. The van der Waals surface area contributed by atoms with Gasteiger partial charge in [-0.3, -0.25) is 4.31 Å². The first-order chi connectivity index (χ1) is 15.3. The van der Waals surface area contributed by atoms with E-state index in [1.807, 2.05) is 31.5 Å². The zero-order chi connectivity index (χ0) is 24.3. The Labute approximate surface area is 193 Å². The summed E-state index contributed by atoms with van der Waals surface area (Å²) in [6.45, 7) is 4.03. The number of aldehydes is 1. The SMILES string of the molecule is CO.CSN(C)c1nc(-c2ccc(F)cc2)c(/C=C/C(O)CC(O)CC=O)c(C(C)C)n1. The molecule has 1 aromatic carbocycles. The minimum absolute atomic E-state index is 0.0260. The lowest BCUT2D eigenvalue weighted by molar-refractivity contribution is -0.109. The van der Waals surface area contributed by atoms with Gasteiger partial charge in [0.25, 0.3) is 0 Å². The van der Waals surface area contributed by atoms with E-state index in [1.165, 1.54) is 24.1 Å². The molecule has 0 saturated carbocycles. The predicted octanol–water partition coefficient (Wildman–Crippen LogP) is 3.44. The number of anilines is 1. The molecule has 32 heavy (non-hydrogen) atoms. The smallest absolute Gasteiger partial charge is 0.236 e. The van der Waals surface area contributed by atoms with Crippen LogP contribution < -0.4 is 4.31 Å². The van der Waals surface area contributed by atoms with Gasteiger partial charge < -0.3 is 20.1 Å². The highest BCUT2D eigenvalue weighted by atomic mass is 32.2. The Morgan fingerprint density at radius 1 is 1.16 bits per heavy atom. The van der Waals surface area contributed by atoms with Crippen LogP contribution in [-0.4, -0.2) is 64.2 Å². The van der Waals surface area contributed by atoms with Gasteiger partial charge in [-0.2, -0.15) is 0 Å². The Hall–Kier alpha value is -2.33. The van der Waals surface area contributed by atoms with Crippen LogP contribution in [0.4, 0.5) is 10.3 Å². The molecule has 3 N–H and O–H groups in total. The second kappa shape index (κ2) is 13.9. The number of hydrogen-bond acceptors (Lipinski definition) is 8. The van der Waals surface area contributed by atoms with Crippen molar-refractivity contribution in [2.24, 2.45) is 0 Å². The number of halogens is 1. The number of aliphatic hydroxyl groups excluding tert-OH is 3. The second-order valence-electron chi connectivity index (χ2n) is 7.23. The fraction of sp³-hybridized carbons (Fsp3) is 0.435. The highest BCUT2D eigenvalue weighted by Gasteiger charge is 2.19. The molecule has 176 valence electrons. The van der Waals surface area contributed by atoms with Crippen LogP contribution in [0.5, 0.6) is 0 Å². The standard InChI is InChI=1S/C22H28FN3O3S.CH4O/c1-14(2)20-19(10-9-17(28)13-18(29)11-12-27)21(15-5-7-16(23)8-6-15)25-22(24-20)26(3)30-4;1-2/h5-10,12,14,17-18,28-29H,11,13H2,1-4H3;2H,1H3/b10-9+;. The van der Waals surface area contributed by atoms with Crippen LogP contribution in [0.2, 0.25) is 0 Å². The van der Waals surface area contributed by atoms with E-state index in [1.54, 1.807) is 24.3 Å². The fourth-order valence-corrected chi connectivity index (χ4v) is 3.15. The molecule has 0 amide bonds. The van der Waals surface area contributed by atoms with Gasteiger partial charge in [-0.1, -0.05) is 37.9 Å². The third-order valence-corrected chi connectivity index (χ3v) is 5.26. The number of aliphatic hydroxyl groups is 3. The van der Waals surface area contributed by atoms with Crippen LogP contribution in [0, 0.1) is 5.82 Å². The van der Waals surface area contributed by atoms with Crippen LogP contribution in [0.3, 0.4) is 0 Å². The van der Waals surface area contributed by atoms with Gasteiger partial charge in [-0.25, -0.2) is 14.4 Å². The molecule has 0 aliphatic rings. The summed E-state index contributed by atoms with van der Waals surface area (Å²) in [5.74, 6) is 0.262. The van der Waals surface area contributed by atoms with Crippen molar-refractivity contribution in [3.8, 4) is 11.3 Å². The largest absolute Gasteiger partial charge is 0.400 e. The Morgan fingerprint density at radius 2 is 1.78 bits per heavy atom. The zero-order valence-electron chi connectivity index (χ0n) is 19.1. The lowest BCUT2D eigenvalue weighted by Crippen LogP contribution is -2.16. The fourth-order valence-electron chi connectivity index (χ4n) is 2.90. The van der Waals surface area contributed by atoms with E-state index in [0.29, 0.717) is 17.9 Å². The summed E-state index contributed by atoms with van der Waals surface area (Å²) in [7, 11) is 2.87. The first kappa shape index (κ1) is 27.7. The molecule has 7 nitrogen and oxygen atoms in total. The molecule has 0 aliphatic carbocycles. The van der Waals surface area contributed by atoms with Crippen molar-refractivity contribution >= 4 is 30.3 Å². The number of rotatable bonds is 10. The average molecular weight is 466 g/mol. The van der Waals surface area contributed by atoms with Crippen LogP contribution >= 0.6 is 11.9 Å². The monoisotopic (exact) mass is 465 g/mol. The molecule has 2 unspecified atom stereocenters. The van der Waals surface area contributed by atoms with Gasteiger partial charge in [0.2, 0.25) is 5.95 Å². The molecule has 0 bridgehead atoms. The van der Waals surface area contributed by atoms with E-state index in [4.69, 9.17) is 15.1 Å². The first-order valence-corrected chi connectivity index (χ1v) is 11.3. The van der Waals surface area contributed by atoms with Crippen LogP contribution in [0.1, 0.15) is 43.9 Å². The van der Waals surface area contributed by atoms with Gasteiger partial charge in [0.05, 0.1) is 23.6 Å². The summed E-state index contributed by atoms with van der Waals surface area (Å²) >= 11 is 1.47. The van der Waals surface area contributed by atoms with Crippen molar-refractivity contribution < 1.29 is 24.5 Å². The maximum Gasteiger partial charge on any atom is 0.236 e. The Balaban J connectivity index is 0.00000249. The van der Waals surface area contributed by atoms with Crippen LogP contribution in [0.15, 0.2) is 30.3 Å². The molecule has 1 aromatic heterocycles. The summed E-state index contributed by atoms with van der Waals surface area (Å²) in [5.41, 5.74) is 2.86. The van der Waals surface area contributed by atoms with Gasteiger partial charge in [0.1, 0.15) is 12.1 Å². The normalized spacial score (nSPS) is 12.9. The highest BCUT2D eigenvalue weighted by Crippen LogP contribution is 2.32. The first-order valence-electron chi connectivity index (χ1n) is 10.1. The number of aromatic nitrogens is 2. The lowest BCUT2D eigenvalue weighted by Gasteiger charge is -2.20. The summed E-state index contributed by atoms with van der Waals surface area (Å²) in [5, 5.41) is 27.0. The second-order valence-corrected chi connectivity index (χ2v) is 8.14. The van der Waals surface area contributed by atoms with Crippen molar-refractivity contribution in [2.45, 2.75) is 44.8 Å². The molecule has 0 aliphatic heterocycles. The third kappa shape index (κ3) is 7.98. The van der Waals surface area contributed by atoms with Crippen molar-refractivity contribution in [1.29, 1.82) is 0 Å². The van der Waals surface area contributed by atoms with Crippen molar-refractivity contribution in [3.05, 3.63) is 47.4 Å². The lowest BCUT2D eigenvalue weighted by atomic mass is 9.97. The molecular weight excluding hydrogens is 433 g/mol.